The molecule has 0 aliphatic heterocycles. The van der Waals surface area contributed by atoms with Gasteiger partial charge in [0.2, 0.25) is 0 Å². The average molecular weight is 823 g/mol. The third-order valence-corrected chi connectivity index (χ3v) is 10.8. The van der Waals surface area contributed by atoms with Gasteiger partial charge in [-0.25, -0.2) is 0 Å². The molecular formula is C48H56Cl2SiZr-2. The molecule has 2 saturated carbocycles. The van der Waals surface area contributed by atoms with E-state index >= 15 is 0 Å². The topological polar surface area (TPSA) is 0 Å². The molecule has 0 aromatic heterocycles. The second-order valence-electron chi connectivity index (χ2n) is 15.5. The van der Waals surface area contributed by atoms with Crippen LogP contribution in [-0.4, -0.2) is 5.43 Å². The van der Waals surface area contributed by atoms with E-state index in [1.54, 1.807) is 23.3 Å². The maximum absolute atomic E-state index is 2.44. The molecule has 0 unspecified atom stereocenters. The Morgan fingerprint density at radius 1 is 0.538 bits per heavy atom. The van der Waals surface area contributed by atoms with E-state index in [0.717, 1.165) is 11.8 Å². The molecule has 2 aliphatic rings. The van der Waals surface area contributed by atoms with Crippen LogP contribution in [0.5, 0.6) is 0 Å². The van der Waals surface area contributed by atoms with Crippen molar-refractivity contribution < 1.29 is 48.1 Å². The molecule has 0 spiro atoms. The van der Waals surface area contributed by atoms with Crippen molar-refractivity contribution in [3.05, 3.63) is 131 Å². The van der Waals surface area contributed by atoms with Gasteiger partial charge in [-0.1, -0.05) is 147 Å². The Kier molecular flexibility index (Phi) is 17.2. The number of hydrogen-bond donors (Lipinski definition) is 0. The Balaban J connectivity index is 0.000000204. The monoisotopic (exact) mass is 820 g/mol. The predicted molar refractivity (Wildman–Crippen MR) is 217 cm³/mol. The van der Waals surface area contributed by atoms with E-state index < -0.39 is 0 Å². The number of rotatable bonds is 6. The molecule has 0 N–H and O–H groups in total. The van der Waals surface area contributed by atoms with E-state index in [2.05, 4.69) is 136 Å². The fraction of sp³-hybridized carbons (Fsp3) is 0.375. The second-order valence-corrected chi connectivity index (χ2v) is 24.9. The first-order valence-electron chi connectivity index (χ1n) is 19.3. The molecule has 0 atom stereocenters. The van der Waals surface area contributed by atoms with Gasteiger partial charge >= 0.3 is 41.9 Å². The SMILES string of the molecule is C[Si](C)=[Zr+2].Cc1ccc(-c2cccc3[cH-]c(CC4CCCCC4)cc23)cc1.Cc1ccc(-c2cccc3[cH-]c(CC4CCCCC4)cc23)cc1.[Cl-].[Cl-]. The molecule has 272 valence electrons. The number of benzene rings is 4. The van der Waals surface area contributed by atoms with Crippen molar-refractivity contribution in [1.82, 2.24) is 0 Å². The Morgan fingerprint density at radius 3 is 1.23 bits per heavy atom. The second kappa shape index (κ2) is 21.0. The zero-order valence-electron chi connectivity index (χ0n) is 31.8. The molecule has 2 aliphatic carbocycles. The molecule has 0 heterocycles. The van der Waals surface area contributed by atoms with E-state index in [-0.39, 0.29) is 30.2 Å². The van der Waals surface area contributed by atoms with Gasteiger partial charge in [-0.05, 0) is 49.7 Å². The van der Waals surface area contributed by atoms with E-state index in [9.17, 15) is 0 Å². The number of fused-ring (bicyclic) bond motifs is 2. The maximum atomic E-state index is 2.44. The summed E-state index contributed by atoms with van der Waals surface area (Å²) in [5.74, 6) is 1.81. The van der Waals surface area contributed by atoms with Crippen molar-refractivity contribution in [1.29, 1.82) is 0 Å². The Bertz CT molecular complexity index is 1830. The summed E-state index contributed by atoms with van der Waals surface area (Å²) in [4.78, 5) is 0. The van der Waals surface area contributed by atoms with Crippen molar-refractivity contribution in [3.8, 4) is 22.3 Å². The van der Waals surface area contributed by atoms with Gasteiger partial charge in [-0.15, -0.1) is 69.1 Å². The van der Waals surface area contributed by atoms with Gasteiger partial charge in [0.15, 0.2) is 0 Å². The molecule has 0 saturated heterocycles. The van der Waals surface area contributed by atoms with Crippen LogP contribution in [0.25, 0.3) is 43.8 Å². The zero-order valence-corrected chi connectivity index (χ0v) is 36.8. The first-order valence-corrected chi connectivity index (χ1v) is 25.5. The standard InChI is InChI=1S/2C23H25.C2H6Si.2ClH.Zr/c2*1-17-10-12-20(13-11-17)22-9-5-8-21-15-19(16-23(21)22)14-18-6-3-2-4-7-18;1-3-2;;;/h2*5,8-13,15-16,18H,2-4,6-7,14H2,1H3;1-2H3;2*1H;/q2*-1;;;;+2/p-2. The van der Waals surface area contributed by atoms with Crippen molar-refractivity contribution in [3.63, 3.8) is 0 Å². The van der Waals surface area contributed by atoms with E-state index in [1.165, 1.54) is 143 Å². The molecule has 4 heteroatoms. The van der Waals surface area contributed by atoms with Crippen molar-refractivity contribution >= 4 is 27.0 Å². The number of hydrogen-bond acceptors (Lipinski definition) is 0. The van der Waals surface area contributed by atoms with Gasteiger partial charge in [0.25, 0.3) is 0 Å². The molecule has 6 aromatic rings. The molecule has 0 radical (unpaired) electrons. The molecule has 52 heavy (non-hydrogen) atoms. The quantitative estimate of drug-likeness (QED) is 0.118. The van der Waals surface area contributed by atoms with Crippen LogP contribution in [0.3, 0.4) is 0 Å². The summed E-state index contributed by atoms with van der Waals surface area (Å²) in [6.45, 7) is 8.91. The van der Waals surface area contributed by atoms with Crippen LogP contribution in [0.15, 0.2) is 109 Å². The minimum Gasteiger partial charge on any atom is -1.00 e. The van der Waals surface area contributed by atoms with Crippen molar-refractivity contribution in [2.24, 2.45) is 11.8 Å². The third-order valence-electron chi connectivity index (χ3n) is 10.8. The average Bonchev–Trinajstić information content (AvgIpc) is 3.73. The van der Waals surface area contributed by atoms with Gasteiger partial charge in [0, 0.05) is 0 Å². The smallest absolute Gasteiger partial charge is 0.0279 e. The first kappa shape index (κ1) is 42.5. The van der Waals surface area contributed by atoms with Crippen LogP contribution in [0.1, 0.15) is 86.5 Å². The predicted octanol–water partition coefficient (Wildman–Crippen LogP) is 8.11. The molecule has 0 amide bonds. The van der Waals surface area contributed by atoms with Crippen molar-refractivity contribution in [2.75, 3.05) is 0 Å². The normalized spacial score (nSPS) is 14.7. The van der Waals surface area contributed by atoms with Gasteiger partial charge < -0.3 is 24.8 Å². The fourth-order valence-electron chi connectivity index (χ4n) is 8.25. The largest absolute Gasteiger partial charge is 1.00 e. The zero-order chi connectivity index (χ0) is 34.9. The van der Waals surface area contributed by atoms with Crippen LogP contribution in [0.2, 0.25) is 13.1 Å². The summed E-state index contributed by atoms with van der Waals surface area (Å²) in [5, 5.41) is 5.63. The third kappa shape index (κ3) is 11.9. The summed E-state index contributed by atoms with van der Waals surface area (Å²) in [7, 11) is 0. The van der Waals surface area contributed by atoms with E-state index in [4.69, 9.17) is 0 Å². The molecule has 0 nitrogen and oxygen atoms in total. The molecule has 6 aromatic carbocycles. The summed E-state index contributed by atoms with van der Waals surface area (Å²) in [6.07, 6.45) is 16.8. The van der Waals surface area contributed by atoms with Gasteiger partial charge in [0.1, 0.15) is 0 Å². The summed E-state index contributed by atoms with van der Waals surface area (Å²) in [6, 6.07) is 41.0. The number of halogens is 2. The molecule has 0 bridgehead atoms. The first-order chi connectivity index (χ1) is 24.3. The Hall–Kier alpha value is -2.22. The Morgan fingerprint density at radius 2 is 0.885 bits per heavy atom. The van der Waals surface area contributed by atoms with Crippen molar-refractivity contribution in [2.45, 2.75) is 104 Å². The van der Waals surface area contributed by atoms with Gasteiger partial charge in [-0.3, -0.25) is 0 Å². The summed E-state index contributed by atoms with van der Waals surface area (Å²) >= 11 is 1.74. The van der Waals surface area contributed by atoms with Crippen LogP contribution >= 0.6 is 0 Å². The molecule has 2 fully saturated rings. The summed E-state index contributed by atoms with van der Waals surface area (Å²) in [5.41, 5.74) is 11.3. The van der Waals surface area contributed by atoms with Crippen LogP contribution in [0, 0.1) is 25.7 Å². The minimum atomic E-state index is 0. The van der Waals surface area contributed by atoms with Gasteiger partial charge in [-0.2, -0.15) is 12.1 Å². The Labute approximate surface area is 342 Å². The van der Waals surface area contributed by atoms with Crippen LogP contribution in [-0.2, 0) is 36.2 Å². The number of aryl methyl sites for hydroxylation is 2. The molecule has 8 rings (SSSR count). The van der Waals surface area contributed by atoms with E-state index in [0.29, 0.717) is 0 Å². The maximum Gasteiger partial charge on any atom is -0.0279 e. The summed E-state index contributed by atoms with van der Waals surface area (Å²) < 4.78 is 0. The van der Waals surface area contributed by atoms with Gasteiger partial charge in [0.05, 0.1) is 0 Å². The van der Waals surface area contributed by atoms with Crippen LogP contribution < -0.4 is 24.8 Å². The minimum absolute atomic E-state index is 0. The van der Waals surface area contributed by atoms with E-state index in [1.807, 2.05) is 0 Å². The molecular weight excluding hydrogens is 767 g/mol. The van der Waals surface area contributed by atoms with Crippen LogP contribution in [0.4, 0.5) is 0 Å². The fourth-order valence-corrected chi connectivity index (χ4v) is 8.25.